The van der Waals surface area contributed by atoms with Crippen LogP contribution in [-0.2, 0) is 14.4 Å². The minimum atomic E-state index is -1.58. The molecule has 1 unspecified atom stereocenters. The van der Waals surface area contributed by atoms with Gasteiger partial charge in [0.2, 0.25) is 5.60 Å². The fourth-order valence-electron chi connectivity index (χ4n) is 8.82. The predicted molar refractivity (Wildman–Crippen MR) is 230 cm³/mol. The molecule has 6 nitrogen and oxygen atoms in total. The largest absolute Gasteiger partial charge is 0.422 e. The lowest BCUT2D eigenvalue weighted by Gasteiger charge is -2.52. The Morgan fingerprint density at radius 1 is 0.649 bits per heavy atom. The lowest BCUT2D eigenvalue weighted by molar-refractivity contribution is -0.279. The van der Waals surface area contributed by atoms with E-state index in [4.69, 9.17) is 47.9 Å². The van der Waals surface area contributed by atoms with E-state index in [1.54, 1.807) is 0 Å². The summed E-state index contributed by atoms with van der Waals surface area (Å²) in [6.07, 6.45) is 2.21. The van der Waals surface area contributed by atoms with Crippen molar-refractivity contribution in [3.8, 4) is 0 Å². The number of hydrogen-bond acceptors (Lipinski definition) is 6. The first kappa shape index (κ1) is 35.5. The predicted octanol–water partition coefficient (Wildman–Crippen LogP) is 11.8. The third kappa shape index (κ3) is 5.98. The van der Waals surface area contributed by atoms with Gasteiger partial charge in [0, 0.05) is 39.3 Å². The quantitative estimate of drug-likeness (QED) is 0.168. The van der Waals surface area contributed by atoms with Crippen molar-refractivity contribution in [2.45, 2.75) is 30.3 Å². The molecule has 2 spiro atoms. The molecule has 0 radical (unpaired) electrons. The summed E-state index contributed by atoms with van der Waals surface area (Å²) in [6.45, 7) is 3.12. The average molecular weight is 787 g/mol. The molecular weight excluding hydrogens is 749 g/mol. The first-order valence-corrected chi connectivity index (χ1v) is 19.9. The molecule has 1 fully saturated rings. The molecule has 10 rings (SSSR count). The summed E-state index contributed by atoms with van der Waals surface area (Å²) in [5.41, 5.74) is 5.12. The molecule has 0 aliphatic carbocycles. The molecule has 3 aliphatic rings. The number of benzene rings is 7. The zero-order valence-corrected chi connectivity index (χ0v) is 32.6. The minimum absolute atomic E-state index is 0.0225. The van der Waals surface area contributed by atoms with Gasteiger partial charge < -0.3 is 14.4 Å². The summed E-state index contributed by atoms with van der Waals surface area (Å²) in [7, 11) is 0. The van der Waals surface area contributed by atoms with Crippen LogP contribution in [0.25, 0.3) is 27.6 Å². The van der Waals surface area contributed by atoms with Crippen LogP contribution in [0.1, 0.15) is 46.7 Å². The first-order chi connectivity index (χ1) is 27.9. The van der Waals surface area contributed by atoms with Crippen molar-refractivity contribution in [2.24, 2.45) is 10.3 Å². The van der Waals surface area contributed by atoms with Crippen LogP contribution in [0.3, 0.4) is 0 Å². The van der Waals surface area contributed by atoms with Gasteiger partial charge in [-0.15, -0.1) is 0 Å². The van der Waals surface area contributed by atoms with Gasteiger partial charge in [-0.1, -0.05) is 156 Å². The number of rotatable bonds is 6. The number of likely N-dealkylation sites (tertiary alicyclic amines) is 1. The summed E-state index contributed by atoms with van der Waals surface area (Å²) < 4.78 is 7.32. The molecule has 7 aromatic rings. The number of hydrogen-bond donors (Lipinski definition) is 0. The van der Waals surface area contributed by atoms with Gasteiger partial charge in [-0.2, -0.15) is 0 Å². The maximum Gasteiger partial charge on any atom is 0.346 e. The topological polar surface area (TPSA) is 55.7 Å². The van der Waals surface area contributed by atoms with Crippen LogP contribution in [0.15, 0.2) is 180 Å². The summed E-state index contributed by atoms with van der Waals surface area (Å²) in [6, 6.07) is 55.4. The second-order valence-corrected chi connectivity index (χ2v) is 15.8. The number of halogens is 2. The molecule has 0 N–H and O–H groups in total. The van der Waals surface area contributed by atoms with E-state index in [0.29, 0.717) is 29.0 Å². The average Bonchev–Trinajstić information content (AvgIpc) is 3.87. The fraction of sp³-hybridized carbons (Fsp3) is 0.143. The van der Waals surface area contributed by atoms with Crippen LogP contribution in [0.2, 0.25) is 10.0 Å². The smallest absolute Gasteiger partial charge is 0.346 e. The van der Waals surface area contributed by atoms with Crippen molar-refractivity contribution in [2.75, 3.05) is 13.1 Å². The summed E-state index contributed by atoms with van der Waals surface area (Å²) in [5.74, 6) is -1.75. The highest BCUT2D eigenvalue weighted by Crippen LogP contribution is 2.57. The molecule has 0 bridgehead atoms. The standard InChI is InChI=1S/C49H37Cl2N3O3/c1-32(33-11-3-2-4-12-33)54-30-39(29-38-17-9-15-34-13-5-7-18-42(34)38)49(55-47(53-57-49)37-23-27-41(51)28-24-37)48(31-54)45(44-20-10-16-35-14-6-8-19-43(35)44)46(52-56-48)36-21-25-40(50)26-22-36/h2-29,32,45H,30-31H2,1H3/t32-,45-,48?,49+/m1/s1. The van der Waals surface area contributed by atoms with E-state index in [2.05, 4.69) is 127 Å². The van der Waals surface area contributed by atoms with Crippen molar-refractivity contribution in [1.29, 1.82) is 0 Å². The SMILES string of the molecule is C[C@H](c1ccccc1)N1CC(=Cc2cccc3ccccc23)[C@]2(ON=C(c3ccc(Cl)cc3)O2)C2(C1)ON=C(c1ccc(Cl)cc1)[C@H]2c1cccc2ccccc12. The number of fused-ring (bicyclic) bond motifs is 3. The van der Waals surface area contributed by atoms with Crippen molar-refractivity contribution in [3.05, 3.63) is 207 Å². The Morgan fingerprint density at radius 3 is 2.00 bits per heavy atom. The molecule has 1 saturated heterocycles. The van der Waals surface area contributed by atoms with Crippen LogP contribution in [0.5, 0.6) is 0 Å². The van der Waals surface area contributed by atoms with Crippen LogP contribution in [0.4, 0.5) is 0 Å². The maximum atomic E-state index is 7.32. The molecule has 0 amide bonds. The molecule has 4 atom stereocenters. The van der Waals surface area contributed by atoms with Crippen molar-refractivity contribution < 1.29 is 14.4 Å². The van der Waals surface area contributed by atoms with Gasteiger partial charge in [-0.05, 0) is 92.8 Å². The van der Waals surface area contributed by atoms with Crippen LogP contribution < -0.4 is 0 Å². The van der Waals surface area contributed by atoms with E-state index in [1.807, 2.05) is 54.6 Å². The molecular formula is C49H37Cl2N3O3. The number of oxime groups is 2. The Bertz CT molecular complexity index is 2720. The maximum absolute atomic E-state index is 7.32. The Hall–Kier alpha value is -5.92. The van der Waals surface area contributed by atoms with Gasteiger partial charge in [-0.3, -0.25) is 4.90 Å². The van der Waals surface area contributed by atoms with Gasteiger partial charge in [0.15, 0.2) is 0 Å². The van der Waals surface area contributed by atoms with Gasteiger partial charge in [0.1, 0.15) is 0 Å². The van der Waals surface area contributed by atoms with E-state index in [1.165, 1.54) is 5.56 Å². The van der Waals surface area contributed by atoms with Gasteiger partial charge >= 0.3 is 5.79 Å². The van der Waals surface area contributed by atoms with Gasteiger partial charge in [0.25, 0.3) is 5.90 Å². The van der Waals surface area contributed by atoms with Crippen LogP contribution >= 0.6 is 23.2 Å². The van der Waals surface area contributed by atoms with Crippen molar-refractivity contribution in [1.82, 2.24) is 4.90 Å². The lowest BCUT2D eigenvalue weighted by atomic mass is 9.67. The summed E-state index contributed by atoms with van der Waals surface area (Å²) >= 11 is 12.8. The van der Waals surface area contributed by atoms with Gasteiger partial charge in [0.05, 0.1) is 18.2 Å². The van der Waals surface area contributed by atoms with E-state index >= 15 is 0 Å². The second-order valence-electron chi connectivity index (χ2n) is 14.9. The fourth-order valence-corrected chi connectivity index (χ4v) is 9.07. The van der Waals surface area contributed by atoms with Crippen molar-refractivity contribution in [3.63, 3.8) is 0 Å². The Kier molecular flexibility index (Phi) is 8.86. The third-order valence-electron chi connectivity index (χ3n) is 11.7. The number of ether oxygens (including phenoxy) is 1. The molecule has 7 aromatic carbocycles. The highest BCUT2D eigenvalue weighted by atomic mass is 35.5. The molecule has 0 aromatic heterocycles. The van der Waals surface area contributed by atoms with E-state index in [-0.39, 0.29) is 6.04 Å². The zero-order valence-electron chi connectivity index (χ0n) is 31.1. The molecule has 8 heteroatoms. The highest BCUT2D eigenvalue weighted by Gasteiger charge is 2.74. The van der Waals surface area contributed by atoms with Gasteiger partial charge in [-0.25, -0.2) is 0 Å². The monoisotopic (exact) mass is 785 g/mol. The van der Waals surface area contributed by atoms with Crippen LogP contribution in [0, 0.1) is 0 Å². The molecule has 0 saturated carbocycles. The Morgan fingerprint density at radius 2 is 1.26 bits per heavy atom. The Labute approximate surface area is 341 Å². The third-order valence-corrected chi connectivity index (χ3v) is 12.2. The van der Waals surface area contributed by atoms with Crippen molar-refractivity contribution >= 4 is 62.4 Å². The minimum Gasteiger partial charge on any atom is -0.422 e. The van der Waals surface area contributed by atoms with E-state index in [9.17, 15) is 0 Å². The second kappa shape index (κ2) is 14.2. The van der Waals surface area contributed by atoms with E-state index in [0.717, 1.165) is 55.1 Å². The Balaban J connectivity index is 1.25. The molecule has 3 aliphatic heterocycles. The highest BCUT2D eigenvalue weighted by molar-refractivity contribution is 6.31. The number of nitrogens with zero attached hydrogens (tertiary/aromatic N) is 3. The summed E-state index contributed by atoms with van der Waals surface area (Å²) in [4.78, 5) is 16.5. The lowest BCUT2D eigenvalue weighted by Crippen LogP contribution is -2.69. The van der Waals surface area contributed by atoms with Crippen LogP contribution in [-0.4, -0.2) is 41.0 Å². The first-order valence-electron chi connectivity index (χ1n) is 19.1. The number of piperidine rings is 1. The molecule has 280 valence electrons. The molecule has 3 heterocycles. The molecule has 57 heavy (non-hydrogen) atoms. The van der Waals surface area contributed by atoms with E-state index < -0.39 is 17.3 Å². The zero-order chi connectivity index (χ0) is 38.6. The normalized spacial score (nSPS) is 23.0. The summed E-state index contributed by atoms with van der Waals surface area (Å²) in [5, 5.41) is 15.5.